The number of carbonyl (C=O) groups excluding carboxylic acids is 2. The number of anilines is 1. The maximum absolute atomic E-state index is 11.8. The van der Waals surface area contributed by atoms with Gasteiger partial charge in [0.2, 0.25) is 5.91 Å². The summed E-state index contributed by atoms with van der Waals surface area (Å²) < 4.78 is 5.24. The molecule has 1 aromatic rings. The lowest BCUT2D eigenvalue weighted by Crippen LogP contribution is -2.40. The predicted octanol–water partition coefficient (Wildman–Crippen LogP) is 3.28. The maximum atomic E-state index is 11.8. The van der Waals surface area contributed by atoms with Crippen LogP contribution in [0.2, 0.25) is 0 Å². The fourth-order valence-electron chi connectivity index (χ4n) is 2.37. The van der Waals surface area contributed by atoms with E-state index in [0.29, 0.717) is 37.7 Å². The Bertz CT molecular complexity index is 672. The number of amides is 2. The standard InChI is InChI=1S/C21H35N5O3.HI/c1-6-13-23-18(27)12-15-25-19(22-5)24-14-11-16-7-9-17(10-8-16)26-20(28)29-21(2,3)4;/h7-10H,6,11-15H2,1-5H3,(H,23,27)(H,26,28)(H2,22,24,25);1H. The molecule has 0 spiro atoms. The van der Waals surface area contributed by atoms with E-state index in [0.717, 1.165) is 18.4 Å². The SMILES string of the molecule is CCCNC(=O)CCNC(=NC)NCCc1ccc(NC(=O)OC(C)(C)C)cc1.I. The second-order valence-corrected chi connectivity index (χ2v) is 7.60. The molecule has 0 aliphatic rings. The van der Waals surface area contributed by atoms with E-state index >= 15 is 0 Å². The quantitative estimate of drug-likeness (QED) is 0.222. The zero-order valence-electron chi connectivity index (χ0n) is 18.6. The molecule has 0 aromatic heterocycles. The van der Waals surface area contributed by atoms with Crippen LogP contribution < -0.4 is 21.3 Å². The van der Waals surface area contributed by atoms with Gasteiger partial charge >= 0.3 is 6.09 Å². The summed E-state index contributed by atoms with van der Waals surface area (Å²) in [6.45, 7) is 9.43. The summed E-state index contributed by atoms with van der Waals surface area (Å²) in [4.78, 5) is 27.5. The van der Waals surface area contributed by atoms with Gasteiger partial charge in [-0.15, -0.1) is 24.0 Å². The van der Waals surface area contributed by atoms with Crippen molar-refractivity contribution >= 4 is 47.6 Å². The summed E-state index contributed by atoms with van der Waals surface area (Å²) in [6, 6.07) is 7.62. The van der Waals surface area contributed by atoms with Crippen molar-refractivity contribution < 1.29 is 14.3 Å². The zero-order valence-corrected chi connectivity index (χ0v) is 21.0. The highest BCUT2D eigenvalue weighted by Crippen LogP contribution is 2.13. The first kappa shape index (κ1) is 28.0. The summed E-state index contributed by atoms with van der Waals surface area (Å²) in [5, 5.41) is 11.9. The molecule has 0 saturated carbocycles. The van der Waals surface area contributed by atoms with Gasteiger partial charge in [-0.1, -0.05) is 19.1 Å². The molecular weight excluding hydrogens is 497 g/mol. The van der Waals surface area contributed by atoms with Crippen molar-refractivity contribution in [3.63, 3.8) is 0 Å². The first-order valence-corrected chi connectivity index (χ1v) is 10.0. The van der Waals surface area contributed by atoms with Gasteiger partial charge in [0.25, 0.3) is 0 Å². The minimum absolute atomic E-state index is 0. The van der Waals surface area contributed by atoms with Gasteiger partial charge in [0.05, 0.1) is 0 Å². The van der Waals surface area contributed by atoms with Crippen LogP contribution in [0.1, 0.15) is 46.1 Å². The number of halogens is 1. The van der Waals surface area contributed by atoms with Gasteiger partial charge in [-0.2, -0.15) is 0 Å². The molecule has 0 unspecified atom stereocenters. The third-order valence-corrected chi connectivity index (χ3v) is 3.75. The molecule has 1 rings (SSSR count). The third-order valence-electron chi connectivity index (χ3n) is 3.75. The van der Waals surface area contributed by atoms with Crippen LogP contribution >= 0.6 is 24.0 Å². The second-order valence-electron chi connectivity index (χ2n) is 7.60. The Labute approximate surface area is 197 Å². The topological polar surface area (TPSA) is 104 Å². The molecular formula is C21H36IN5O3. The molecule has 0 aliphatic carbocycles. The molecule has 30 heavy (non-hydrogen) atoms. The Kier molecular flexibility index (Phi) is 13.9. The van der Waals surface area contributed by atoms with Crippen molar-refractivity contribution in [1.82, 2.24) is 16.0 Å². The van der Waals surface area contributed by atoms with Crippen molar-refractivity contribution in [2.24, 2.45) is 4.99 Å². The number of guanidine groups is 1. The van der Waals surface area contributed by atoms with Gasteiger partial charge in [-0.25, -0.2) is 4.79 Å². The maximum Gasteiger partial charge on any atom is 0.412 e. The molecule has 8 nitrogen and oxygen atoms in total. The van der Waals surface area contributed by atoms with E-state index in [2.05, 4.69) is 26.3 Å². The minimum atomic E-state index is -0.526. The van der Waals surface area contributed by atoms with Gasteiger partial charge in [-0.3, -0.25) is 15.1 Å². The molecule has 0 bridgehead atoms. The molecule has 0 aliphatic heterocycles. The largest absolute Gasteiger partial charge is 0.444 e. The Hall–Kier alpha value is -2.04. The summed E-state index contributed by atoms with van der Waals surface area (Å²) >= 11 is 0. The number of nitrogens with one attached hydrogen (secondary N) is 4. The molecule has 0 atom stereocenters. The molecule has 0 saturated heterocycles. The Morgan fingerprint density at radius 3 is 2.20 bits per heavy atom. The van der Waals surface area contributed by atoms with E-state index in [9.17, 15) is 9.59 Å². The van der Waals surface area contributed by atoms with E-state index in [-0.39, 0.29) is 29.9 Å². The first-order valence-electron chi connectivity index (χ1n) is 10.0. The Balaban J connectivity index is 0.00000841. The van der Waals surface area contributed by atoms with E-state index in [1.165, 1.54) is 0 Å². The van der Waals surface area contributed by atoms with E-state index < -0.39 is 11.7 Å². The van der Waals surface area contributed by atoms with Gasteiger partial charge in [-0.05, 0) is 51.3 Å². The fraction of sp³-hybridized carbons (Fsp3) is 0.571. The van der Waals surface area contributed by atoms with Gasteiger partial charge in [0, 0.05) is 38.8 Å². The van der Waals surface area contributed by atoms with Gasteiger partial charge < -0.3 is 20.7 Å². The van der Waals surface area contributed by atoms with Crippen molar-refractivity contribution in [3.05, 3.63) is 29.8 Å². The first-order chi connectivity index (χ1) is 13.7. The smallest absolute Gasteiger partial charge is 0.412 e. The van der Waals surface area contributed by atoms with Crippen LogP contribution in [-0.4, -0.2) is 50.2 Å². The number of aliphatic imine (C=N–C) groups is 1. The Morgan fingerprint density at radius 1 is 1.00 bits per heavy atom. The highest BCUT2D eigenvalue weighted by atomic mass is 127. The summed E-state index contributed by atoms with van der Waals surface area (Å²) in [7, 11) is 1.70. The molecule has 0 fully saturated rings. The number of benzene rings is 1. The van der Waals surface area contributed by atoms with Crippen LogP contribution in [0.4, 0.5) is 10.5 Å². The number of hydrogen-bond acceptors (Lipinski definition) is 4. The lowest BCUT2D eigenvalue weighted by Gasteiger charge is -2.19. The Morgan fingerprint density at radius 2 is 1.63 bits per heavy atom. The van der Waals surface area contributed by atoms with Crippen molar-refractivity contribution in [1.29, 1.82) is 0 Å². The van der Waals surface area contributed by atoms with Crippen LogP contribution in [0.3, 0.4) is 0 Å². The molecule has 170 valence electrons. The average Bonchev–Trinajstić information content (AvgIpc) is 2.65. The average molecular weight is 533 g/mol. The van der Waals surface area contributed by atoms with Crippen molar-refractivity contribution in [3.8, 4) is 0 Å². The number of nitrogens with zero attached hydrogens (tertiary/aromatic N) is 1. The number of ether oxygens (including phenoxy) is 1. The molecule has 0 radical (unpaired) electrons. The van der Waals surface area contributed by atoms with Gasteiger partial charge in [0.1, 0.15) is 5.60 Å². The van der Waals surface area contributed by atoms with E-state index in [4.69, 9.17) is 4.74 Å². The normalized spacial score (nSPS) is 11.2. The van der Waals surface area contributed by atoms with Crippen LogP contribution in [0.15, 0.2) is 29.3 Å². The lowest BCUT2D eigenvalue weighted by molar-refractivity contribution is -0.120. The monoisotopic (exact) mass is 533 g/mol. The van der Waals surface area contributed by atoms with Gasteiger partial charge in [0.15, 0.2) is 5.96 Å². The van der Waals surface area contributed by atoms with Crippen molar-refractivity contribution in [2.45, 2.75) is 52.6 Å². The molecule has 0 heterocycles. The number of rotatable bonds is 9. The highest BCUT2D eigenvalue weighted by molar-refractivity contribution is 14.0. The van der Waals surface area contributed by atoms with E-state index in [1.54, 1.807) is 7.05 Å². The highest BCUT2D eigenvalue weighted by Gasteiger charge is 2.16. The van der Waals surface area contributed by atoms with E-state index in [1.807, 2.05) is 52.0 Å². The zero-order chi connectivity index (χ0) is 21.7. The van der Waals surface area contributed by atoms with Crippen LogP contribution in [-0.2, 0) is 16.0 Å². The van der Waals surface area contributed by atoms with Crippen LogP contribution in [0.25, 0.3) is 0 Å². The van der Waals surface area contributed by atoms with Crippen LogP contribution in [0.5, 0.6) is 0 Å². The third kappa shape index (κ3) is 13.2. The lowest BCUT2D eigenvalue weighted by atomic mass is 10.1. The molecule has 9 heteroatoms. The summed E-state index contributed by atoms with van der Waals surface area (Å²) in [6.07, 6.45) is 1.67. The molecule has 4 N–H and O–H groups in total. The predicted molar refractivity (Wildman–Crippen MR) is 133 cm³/mol. The fourth-order valence-corrected chi connectivity index (χ4v) is 2.37. The summed E-state index contributed by atoms with van der Waals surface area (Å²) in [5.74, 6) is 0.700. The number of carbonyl (C=O) groups is 2. The molecule has 2 amide bonds. The molecule has 1 aromatic carbocycles. The summed E-state index contributed by atoms with van der Waals surface area (Å²) in [5.41, 5.74) is 1.29. The van der Waals surface area contributed by atoms with Crippen LogP contribution in [0, 0.1) is 0 Å². The second kappa shape index (κ2) is 14.9. The minimum Gasteiger partial charge on any atom is -0.444 e. The van der Waals surface area contributed by atoms with Crippen molar-refractivity contribution in [2.75, 3.05) is 32.0 Å². The number of hydrogen-bond donors (Lipinski definition) is 4.